The minimum atomic E-state index is -3.72. The van der Waals surface area contributed by atoms with E-state index in [-0.39, 0.29) is 17.3 Å². The Bertz CT molecular complexity index is 981. The van der Waals surface area contributed by atoms with Crippen LogP contribution in [-0.2, 0) is 16.6 Å². The number of furan rings is 1. The van der Waals surface area contributed by atoms with E-state index in [1.165, 1.54) is 29.7 Å². The summed E-state index contributed by atoms with van der Waals surface area (Å²) in [6, 6.07) is 12.9. The summed E-state index contributed by atoms with van der Waals surface area (Å²) in [6.07, 6.45) is 1.47. The van der Waals surface area contributed by atoms with Crippen LogP contribution >= 0.6 is 27.3 Å². The molecule has 0 atom stereocenters. The number of carbonyl (C=O) groups excluding carboxylic acids is 1. The van der Waals surface area contributed by atoms with Crippen LogP contribution in [0.4, 0.5) is 5.69 Å². The quantitative estimate of drug-likeness (QED) is 0.609. The van der Waals surface area contributed by atoms with Gasteiger partial charge in [-0.25, -0.2) is 13.1 Å². The van der Waals surface area contributed by atoms with Gasteiger partial charge >= 0.3 is 0 Å². The molecule has 0 unspecified atom stereocenters. The molecule has 25 heavy (non-hydrogen) atoms. The molecule has 0 spiro atoms. The van der Waals surface area contributed by atoms with Crippen LogP contribution in [0.1, 0.15) is 15.4 Å². The largest absolute Gasteiger partial charge is 0.468 e. The summed E-state index contributed by atoms with van der Waals surface area (Å²) >= 11 is 4.60. The van der Waals surface area contributed by atoms with Crippen molar-refractivity contribution in [2.75, 3.05) is 5.32 Å². The van der Waals surface area contributed by atoms with Gasteiger partial charge in [0.2, 0.25) is 10.0 Å². The van der Waals surface area contributed by atoms with E-state index in [0.29, 0.717) is 16.3 Å². The summed E-state index contributed by atoms with van der Waals surface area (Å²) in [5, 5.41) is 2.69. The lowest BCUT2D eigenvalue weighted by molar-refractivity contribution is 0.103. The SMILES string of the molecule is O=C(Nc1cccc(S(=O)(=O)NCc2ccco2)c1)c1ccc(Br)s1. The maximum absolute atomic E-state index is 12.4. The second-order valence-corrected chi connectivity index (χ2v) is 9.22. The highest BCUT2D eigenvalue weighted by Gasteiger charge is 2.16. The molecule has 130 valence electrons. The Kier molecular flexibility index (Phi) is 5.38. The summed E-state index contributed by atoms with van der Waals surface area (Å²) in [5.74, 6) is 0.213. The van der Waals surface area contributed by atoms with Gasteiger partial charge in [0.25, 0.3) is 5.91 Å². The van der Waals surface area contributed by atoms with Crippen molar-refractivity contribution in [3.8, 4) is 0 Å². The van der Waals surface area contributed by atoms with Crippen molar-refractivity contribution in [1.29, 1.82) is 0 Å². The number of nitrogens with one attached hydrogen (secondary N) is 2. The standard InChI is InChI=1S/C16H13BrN2O4S2/c17-15-7-6-14(24-15)16(20)19-11-3-1-5-13(9-11)25(21,22)18-10-12-4-2-8-23-12/h1-9,18H,10H2,(H,19,20). The zero-order valence-corrected chi connectivity index (χ0v) is 15.9. The molecule has 0 saturated carbocycles. The van der Waals surface area contributed by atoms with Gasteiger partial charge < -0.3 is 9.73 Å². The van der Waals surface area contributed by atoms with Gasteiger partial charge in [-0.15, -0.1) is 11.3 Å². The van der Waals surface area contributed by atoms with Crippen molar-refractivity contribution in [3.63, 3.8) is 0 Å². The monoisotopic (exact) mass is 440 g/mol. The fourth-order valence-corrected chi connectivity index (χ4v) is 4.35. The van der Waals surface area contributed by atoms with Gasteiger partial charge in [0, 0.05) is 5.69 Å². The number of sulfonamides is 1. The average molecular weight is 441 g/mol. The first-order chi connectivity index (χ1) is 11.9. The smallest absolute Gasteiger partial charge is 0.265 e. The fourth-order valence-electron chi connectivity index (χ4n) is 2.03. The Morgan fingerprint density at radius 1 is 1.16 bits per heavy atom. The number of rotatable bonds is 6. The number of benzene rings is 1. The molecule has 1 aromatic carbocycles. The zero-order chi connectivity index (χ0) is 17.9. The maximum atomic E-state index is 12.4. The average Bonchev–Trinajstić information content (AvgIpc) is 3.25. The van der Waals surface area contributed by atoms with Crippen LogP contribution in [0.2, 0.25) is 0 Å². The molecule has 0 radical (unpaired) electrons. The summed E-state index contributed by atoms with van der Waals surface area (Å²) in [4.78, 5) is 12.8. The van der Waals surface area contributed by atoms with E-state index in [2.05, 4.69) is 26.0 Å². The molecule has 0 fully saturated rings. The van der Waals surface area contributed by atoms with Crippen molar-refractivity contribution < 1.29 is 17.6 Å². The summed E-state index contributed by atoms with van der Waals surface area (Å²) in [5.41, 5.74) is 0.399. The third-order valence-electron chi connectivity index (χ3n) is 3.22. The summed E-state index contributed by atoms with van der Waals surface area (Å²) < 4.78 is 33.1. The highest BCUT2D eigenvalue weighted by atomic mass is 79.9. The molecule has 9 heteroatoms. The van der Waals surface area contributed by atoms with Gasteiger partial charge in [-0.1, -0.05) is 6.07 Å². The topological polar surface area (TPSA) is 88.4 Å². The molecular formula is C16H13BrN2O4S2. The van der Waals surface area contributed by atoms with E-state index in [0.717, 1.165) is 3.79 Å². The lowest BCUT2D eigenvalue weighted by Crippen LogP contribution is -2.23. The Morgan fingerprint density at radius 2 is 2.00 bits per heavy atom. The lowest BCUT2D eigenvalue weighted by atomic mass is 10.3. The van der Waals surface area contributed by atoms with E-state index in [1.54, 1.807) is 36.4 Å². The first-order valence-electron chi connectivity index (χ1n) is 7.13. The van der Waals surface area contributed by atoms with Crippen molar-refractivity contribution >= 4 is 48.9 Å². The van der Waals surface area contributed by atoms with Gasteiger partial charge in [0.05, 0.1) is 26.4 Å². The van der Waals surface area contributed by atoms with E-state index >= 15 is 0 Å². The number of carbonyl (C=O) groups is 1. The van der Waals surface area contributed by atoms with Crippen LogP contribution in [0.25, 0.3) is 0 Å². The van der Waals surface area contributed by atoms with E-state index in [9.17, 15) is 13.2 Å². The molecule has 2 heterocycles. The Balaban J connectivity index is 1.73. The van der Waals surface area contributed by atoms with E-state index in [1.807, 2.05) is 0 Å². The number of hydrogen-bond donors (Lipinski definition) is 2. The number of anilines is 1. The van der Waals surface area contributed by atoms with Crippen molar-refractivity contribution in [2.45, 2.75) is 11.4 Å². The minimum Gasteiger partial charge on any atom is -0.468 e. The van der Waals surface area contributed by atoms with Crippen LogP contribution < -0.4 is 10.0 Å². The van der Waals surface area contributed by atoms with Gasteiger partial charge in [0.15, 0.2) is 0 Å². The number of halogens is 1. The van der Waals surface area contributed by atoms with Gasteiger partial charge in [-0.05, 0) is 58.4 Å². The molecule has 0 bridgehead atoms. The molecular weight excluding hydrogens is 428 g/mol. The third kappa shape index (κ3) is 4.57. The second-order valence-electron chi connectivity index (χ2n) is 4.99. The van der Waals surface area contributed by atoms with Crippen molar-refractivity contribution in [2.24, 2.45) is 0 Å². The zero-order valence-electron chi connectivity index (χ0n) is 12.7. The molecule has 0 aliphatic carbocycles. The van der Waals surface area contributed by atoms with E-state index < -0.39 is 10.0 Å². The fraction of sp³-hybridized carbons (Fsp3) is 0.0625. The second kappa shape index (κ2) is 7.52. The Labute approximate surface area is 157 Å². The molecule has 2 N–H and O–H groups in total. The van der Waals surface area contributed by atoms with Crippen molar-refractivity contribution in [3.05, 3.63) is 69.2 Å². The van der Waals surface area contributed by atoms with Gasteiger partial charge in [0.1, 0.15) is 5.76 Å². The predicted octanol–water partition coefficient (Wildman–Crippen LogP) is 3.83. The molecule has 3 aromatic rings. The molecule has 2 aromatic heterocycles. The molecule has 0 aliphatic heterocycles. The van der Waals surface area contributed by atoms with Crippen LogP contribution in [0.3, 0.4) is 0 Å². The molecule has 3 rings (SSSR count). The van der Waals surface area contributed by atoms with Crippen LogP contribution in [0.5, 0.6) is 0 Å². The first-order valence-corrected chi connectivity index (χ1v) is 10.2. The van der Waals surface area contributed by atoms with Crippen LogP contribution in [0, 0.1) is 0 Å². The molecule has 0 saturated heterocycles. The lowest BCUT2D eigenvalue weighted by Gasteiger charge is -2.08. The van der Waals surface area contributed by atoms with Gasteiger partial charge in [-0.3, -0.25) is 4.79 Å². The van der Waals surface area contributed by atoms with Gasteiger partial charge in [-0.2, -0.15) is 0 Å². The normalized spacial score (nSPS) is 11.4. The summed E-state index contributed by atoms with van der Waals surface area (Å²) in [7, 11) is -3.72. The highest BCUT2D eigenvalue weighted by Crippen LogP contribution is 2.23. The number of amides is 1. The minimum absolute atomic E-state index is 0.0507. The highest BCUT2D eigenvalue weighted by molar-refractivity contribution is 9.11. The predicted molar refractivity (Wildman–Crippen MR) is 99.1 cm³/mol. The summed E-state index contributed by atoms with van der Waals surface area (Å²) in [6.45, 7) is 0.0507. The molecule has 1 amide bonds. The number of hydrogen-bond acceptors (Lipinski definition) is 5. The van der Waals surface area contributed by atoms with E-state index in [4.69, 9.17) is 4.42 Å². The number of thiophene rings is 1. The Morgan fingerprint density at radius 3 is 2.68 bits per heavy atom. The van der Waals surface area contributed by atoms with Crippen LogP contribution in [0.15, 0.2) is 67.9 Å². The molecule has 6 nitrogen and oxygen atoms in total. The third-order valence-corrected chi connectivity index (χ3v) is 6.24. The maximum Gasteiger partial charge on any atom is 0.265 e. The first kappa shape index (κ1) is 17.9. The molecule has 0 aliphatic rings. The Hall–Kier alpha value is -1.94. The van der Waals surface area contributed by atoms with Crippen molar-refractivity contribution in [1.82, 2.24) is 4.72 Å². The van der Waals surface area contributed by atoms with Crippen LogP contribution in [-0.4, -0.2) is 14.3 Å².